The van der Waals surface area contributed by atoms with Crippen LogP contribution in [0.1, 0.15) is 28.0 Å². The maximum Gasteiger partial charge on any atom is 0.320 e. The molecule has 0 unspecified atom stereocenters. The zero-order valence-corrected chi connectivity index (χ0v) is 13.3. The van der Waals surface area contributed by atoms with E-state index in [0.29, 0.717) is 15.8 Å². The normalized spacial score (nSPS) is 12.3. The minimum atomic E-state index is -2.91. The zero-order valence-electron chi connectivity index (χ0n) is 12.4. The molecule has 5 nitrogen and oxygen atoms in total. The van der Waals surface area contributed by atoms with Crippen molar-refractivity contribution < 1.29 is 18.3 Å². The number of carbonyl (C=O) groups excluding carboxylic acids is 1. The number of hydrogen-bond acceptors (Lipinski definition) is 5. The molecule has 0 spiro atoms. The summed E-state index contributed by atoms with van der Waals surface area (Å²) < 4.78 is 32.6. The minimum absolute atomic E-state index is 0.180. The SMILES string of the molecule is COc1csc(C(=O)[C@@H](C#N)c2nc3ccccc3n2C(F)F)c1. The predicted molar refractivity (Wildman–Crippen MR) is 84.5 cm³/mol. The van der Waals surface area contributed by atoms with Gasteiger partial charge in [0.25, 0.3) is 0 Å². The van der Waals surface area contributed by atoms with Crippen LogP contribution < -0.4 is 4.74 Å². The minimum Gasteiger partial charge on any atom is -0.496 e. The number of para-hydroxylation sites is 2. The smallest absolute Gasteiger partial charge is 0.320 e. The van der Waals surface area contributed by atoms with Crippen LogP contribution in [0.25, 0.3) is 11.0 Å². The lowest BCUT2D eigenvalue weighted by Crippen LogP contribution is -2.16. The summed E-state index contributed by atoms with van der Waals surface area (Å²) in [7, 11) is 1.45. The number of alkyl halides is 2. The van der Waals surface area contributed by atoms with E-state index >= 15 is 0 Å². The van der Waals surface area contributed by atoms with E-state index in [2.05, 4.69) is 4.98 Å². The van der Waals surface area contributed by atoms with Gasteiger partial charge in [0.15, 0.2) is 11.7 Å². The quantitative estimate of drug-likeness (QED) is 0.655. The van der Waals surface area contributed by atoms with Crippen molar-refractivity contribution in [2.45, 2.75) is 12.5 Å². The number of aromatic nitrogens is 2. The summed E-state index contributed by atoms with van der Waals surface area (Å²) in [6.45, 7) is -2.91. The van der Waals surface area contributed by atoms with E-state index in [1.807, 2.05) is 0 Å². The summed E-state index contributed by atoms with van der Waals surface area (Å²) in [5.41, 5.74) is 0.490. The standard InChI is InChI=1S/C16H11F2N3O2S/c1-23-9-6-13(24-8-9)14(22)10(7-19)15-20-11-4-2-3-5-12(11)21(15)16(17)18/h2-6,8,10,16H,1H3/t10-/m1/s1. The van der Waals surface area contributed by atoms with Crippen molar-refractivity contribution >= 4 is 28.2 Å². The number of imidazole rings is 1. The van der Waals surface area contributed by atoms with Gasteiger partial charge >= 0.3 is 6.55 Å². The first-order valence-corrected chi connectivity index (χ1v) is 7.76. The molecule has 0 aliphatic carbocycles. The first kappa shape index (κ1) is 16.1. The third-order valence-corrected chi connectivity index (χ3v) is 4.44. The number of rotatable bonds is 5. The second kappa shape index (κ2) is 6.37. The fraction of sp³-hybridized carbons (Fsp3) is 0.188. The first-order chi connectivity index (χ1) is 11.6. The molecule has 0 aliphatic rings. The molecule has 122 valence electrons. The van der Waals surface area contributed by atoms with E-state index in [1.54, 1.807) is 29.6 Å². The summed E-state index contributed by atoms with van der Waals surface area (Å²) in [4.78, 5) is 16.9. The van der Waals surface area contributed by atoms with Crippen LogP contribution >= 0.6 is 11.3 Å². The average molecular weight is 347 g/mol. The van der Waals surface area contributed by atoms with Crippen LogP contribution in [0.4, 0.5) is 8.78 Å². The molecule has 0 saturated carbocycles. The summed E-state index contributed by atoms with van der Waals surface area (Å²) in [5, 5.41) is 11.0. The number of fused-ring (bicyclic) bond motifs is 1. The molecule has 0 aliphatic heterocycles. The molecule has 0 fully saturated rings. The largest absolute Gasteiger partial charge is 0.496 e. The number of methoxy groups -OCH3 is 1. The van der Waals surface area contributed by atoms with Gasteiger partial charge in [-0.05, 0) is 12.1 Å². The second-order valence-electron chi connectivity index (χ2n) is 4.88. The number of Topliss-reactive ketones (excluding diaryl/α,β-unsaturated/α-hetero) is 1. The van der Waals surface area contributed by atoms with Crippen molar-refractivity contribution in [3.8, 4) is 11.8 Å². The van der Waals surface area contributed by atoms with Gasteiger partial charge in [0.2, 0.25) is 0 Å². The number of carbonyl (C=O) groups is 1. The molecule has 1 atom stereocenters. The fourth-order valence-corrected chi connectivity index (χ4v) is 3.23. The summed E-state index contributed by atoms with van der Waals surface area (Å²) in [5.74, 6) is -1.79. The lowest BCUT2D eigenvalue weighted by Gasteiger charge is -2.10. The molecule has 0 bridgehead atoms. The van der Waals surface area contributed by atoms with Crippen LogP contribution in [0, 0.1) is 11.3 Å². The van der Waals surface area contributed by atoms with Crippen molar-refractivity contribution in [2.75, 3.05) is 7.11 Å². The van der Waals surface area contributed by atoms with Crippen molar-refractivity contribution in [3.05, 3.63) is 46.4 Å². The Hall–Kier alpha value is -2.79. The van der Waals surface area contributed by atoms with E-state index in [0.717, 1.165) is 11.3 Å². The Morgan fingerprint density at radius 2 is 2.17 bits per heavy atom. The van der Waals surface area contributed by atoms with Gasteiger partial charge in [0.1, 0.15) is 11.6 Å². The van der Waals surface area contributed by atoms with Crippen LogP contribution in [0.15, 0.2) is 35.7 Å². The molecule has 8 heteroatoms. The number of hydrogen-bond donors (Lipinski definition) is 0. The van der Waals surface area contributed by atoms with Crippen molar-refractivity contribution in [1.82, 2.24) is 9.55 Å². The van der Waals surface area contributed by atoms with Crippen molar-refractivity contribution in [3.63, 3.8) is 0 Å². The van der Waals surface area contributed by atoms with Crippen LogP contribution in [0.2, 0.25) is 0 Å². The van der Waals surface area contributed by atoms with Gasteiger partial charge in [-0.25, -0.2) is 4.98 Å². The molecular weight excluding hydrogens is 336 g/mol. The van der Waals surface area contributed by atoms with Gasteiger partial charge in [-0.3, -0.25) is 9.36 Å². The third kappa shape index (κ3) is 2.63. The van der Waals surface area contributed by atoms with Crippen molar-refractivity contribution in [1.29, 1.82) is 5.26 Å². The summed E-state index contributed by atoms with van der Waals surface area (Å²) in [6.07, 6.45) is 0. The van der Waals surface area contributed by atoms with Crippen LogP contribution in [-0.2, 0) is 0 Å². The highest BCUT2D eigenvalue weighted by atomic mass is 32.1. The highest BCUT2D eigenvalue weighted by molar-refractivity contribution is 7.12. The van der Waals surface area contributed by atoms with Crippen LogP contribution in [0.3, 0.4) is 0 Å². The molecule has 0 radical (unpaired) electrons. The highest BCUT2D eigenvalue weighted by Crippen LogP contribution is 2.31. The number of benzene rings is 1. The second-order valence-corrected chi connectivity index (χ2v) is 5.79. The summed E-state index contributed by atoms with van der Waals surface area (Å²) >= 11 is 1.09. The lowest BCUT2D eigenvalue weighted by atomic mass is 10.0. The van der Waals surface area contributed by atoms with Gasteiger partial charge in [-0.2, -0.15) is 14.0 Å². The lowest BCUT2D eigenvalue weighted by molar-refractivity contribution is 0.0701. The molecule has 0 saturated heterocycles. The Balaban J connectivity index is 2.11. The Bertz CT molecular complexity index is 942. The Morgan fingerprint density at radius 1 is 1.42 bits per heavy atom. The number of ether oxygens (including phenoxy) is 1. The molecule has 0 N–H and O–H groups in total. The molecule has 24 heavy (non-hydrogen) atoms. The predicted octanol–water partition coefficient (Wildman–Crippen LogP) is 3.99. The van der Waals surface area contributed by atoms with E-state index in [-0.39, 0.29) is 16.2 Å². The molecule has 3 rings (SSSR count). The number of thiophene rings is 1. The highest BCUT2D eigenvalue weighted by Gasteiger charge is 2.31. The van der Waals surface area contributed by atoms with Crippen LogP contribution in [0.5, 0.6) is 5.75 Å². The molecule has 1 aromatic carbocycles. The Kier molecular flexibility index (Phi) is 4.27. The van der Waals surface area contributed by atoms with Crippen LogP contribution in [-0.4, -0.2) is 22.4 Å². The monoisotopic (exact) mass is 347 g/mol. The van der Waals surface area contributed by atoms with E-state index in [9.17, 15) is 18.8 Å². The zero-order chi connectivity index (χ0) is 17.3. The van der Waals surface area contributed by atoms with Gasteiger partial charge in [0, 0.05) is 11.4 Å². The molecule has 3 aromatic rings. The van der Waals surface area contributed by atoms with Gasteiger partial charge < -0.3 is 4.74 Å². The number of halogens is 2. The molecule has 2 aromatic heterocycles. The molecule has 2 heterocycles. The molecule has 0 amide bonds. The van der Waals surface area contributed by atoms with Gasteiger partial charge in [-0.1, -0.05) is 12.1 Å². The average Bonchev–Trinajstić information content (AvgIpc) is 3.19. The van der Waals surface area contributed by atoms with E-state index < -0.39 is 18.3 Å². The summed E-state index contributed by atoms with van der Waals surface area (Å²) in [6, 6.07) is 9.57. The number of nitrogens with zero attached hydrogens (tertiary/aromatic N) is 3. The third-order valence-electron chi connectivity index (χ3n) is 3.52. The Morgan fingerprint density at radius 3 is 2.79 bits per heavy atom. The number of nitriles is 1. The topological polar surface area (TPSA) is 67.9 Å². The maximum absolute atomic E-state index is 13.5. The Labute approximate surface area is 139 Å². The molecular formula is C16H11F2N3O2S. The first-order valence-electron chi connectivity index (χ1n) is 6.88. The van der Waals surface area contributed by atoms with Gasteiger partial charge in [0.05, 0.1) is 29.1 Å². The number of ketones is 1. The van der Waals surface area contributed by atoms with E-state index in [1.165, 1.54) is 19.2 Å². The van der Waals surface area contributed by atoms with Gasteiger partial charge in [-0.15, -0.1) is 11.3 Å². The van der Waals surface area contributed by atoms with E-state index in [4.69, 9.17) is 4.74 Å². The van der Waals surface area contributed by atoms with Crippen molar-refractivity contribution in [2.24, 2.45) is 0 Å². The maximum atomic E-state index is 13.5. The fourth-order valence-electron chi connectivity index (χ4n) is 2.40.